The van der Waals surface area contributed by atoms with Gasteiger partial charge in [0.1, 0.15) is 0 Å². The standard InChI is InChI=1S/C10H14ClN5O2/c11-7-9(14-5-1-3-13-4-2-5)16-8(12)6(15-7)10(17)18/h5,13H,1-4H2,(H,17,18)(H3,12,14,16). The number of nitrogens with one attached hydrogen (secondary N) is 2. The smallest absolute Gasteiger partial charge is 0.358 e. The lowest BCUT2D eigenvalue weighted by Gasteiger charge is -2.24. The maximum absolute atomic E-state index is 10.8. The molecule has 8 heteroatoms. The number of carboxylic acid groups (broad SMARTS) is 1. The molecule has 0 aliphatic carbocycles. The van der Waals surface area contributed by atoms with Crippen molar-refractivity contribution >= 4 is 29.2 Å². The Morgan fingerprint density at radius 2 is 2.11 bits per heavy atom. The van der Waals surface area contributed by atoms with E-state index in [4.69, 9.17) is 22.4 Å². The molecule has 7 nitrogen and oxygen atoms in total. The molecule has 1 aliphatic rings. The molecule has 5 N–H and O–H groups in total. The van der Waals surface area contributed by atoms with Gasteiger partial charge in [0.25, 0.3) is 0 Å². The highest BCUT2D eigenvalue weighted by molar-refractivity contribution is 6.31. The molecule has 0 aromatic carbocycles. The van der Waals surface area contributed by atoms with Crippen LogP contribution in [0.1, 0.15) is 23.3 Å². The maximum Gasteiger partial charge on any atom is 0.358 e. The highest BCUT2D eigenvalue weighted by Crippen LogP contribution is 2.22. The summed E-state index contributed by atoms with van der Waals surface area (Å²) in [5, 5.41) is 15.2. The molecule has 1 fully saturated rings. The van der Waals surface area contributed by atoms with Crippen molar-refractivity contribution in [2.24, 2.45) is 0 Å². The fourth-order valence-electron chi connectivity index (χ4n) is 1.84. The molecule has 2 heterocycles. The van der Waals surface area contributed by atoms with Crippen LogP contribution in [0.4, 0.5) is 11.6 Å². The topological polar surface area (TPSA) is 113 Å². The average Bonchev–Trinajstić information content (AvgIpc) is 2.34. The van der Waals surface area contributed by atoms with E-state index in [9.17, 15) is 4.79 Å². The van der Waals surface area contributed by atoms with Crippen LogP contribution in [0.5, 0.6) is 0 Å². The van der Waals surface area contributed by atoms with Crippen molar-refractivity contribution in [2.75, 3.05) is 24.1 Å². The molecule has 0 atom stereocenters. The van der Waals surface area contributed by atoms with Crippen LogP contribution in [0, 0.1) is 0 Å². The summed E-state index contributed by atoms with van der Waals surface area (Å²) < 4.78 is 0. The lowest BCUT2D eigenvalue weighted by Crippen LogP contribution is -2.35. The number of nitrogens with zero attached hydrogens (tertiary/aromatic N) is 2. The minimum absolute atomic E-state index is 0.0279. The van der Waals surface area contributed by atoms with E-state index in [0.717, 1.165) is 25.9 Å². The van der Waals surface area contributed by atoms with Crippen molar-refractivity contribution in [3.05, 3.63) is 10.8 Å². The van der Waals surface area contributed by atoms with E-state index < -0.39 is 5.97 Å². The van der Waals surface area contributed by atoms with Crippen LogP contribution < -0.4 is 16.4 Å². The van der Waals surface area contributed by atoms with E-state index in [2.05, 4.69) is 20.6 Å². The number of hydrogen-bond acceptors (Lipinski definition) is 6. The van der Waals surface area contributed by atoms with Gasteiger partial charge in [0.15, 0.2) is 22.5 Å². The third-order valence-corrected chi connectivity index (χ3v) is 3.03. The second-order valence-electron chi connectivity index (χ2n) is 4.07. The molecule has 1 saturated heterocycles. The zero-order chi connectivity index (χ0) is 13.1. The Bertz CT molecular complexity index is 462. The molecule has 18 heavy (non-hydrogen) atoms. The third kappa shape index (κ3) is 2.80. The normalized spacial score (nSPS) is 16.5. The van der Waals surface area contributed by atoms with Gasteiger partial charge in [-0.1, -0.05) is 11.6 Å². The van der Waals surface area contributed by atoms with Crippen molar-refractivity contribution in [3.63, 3.8) is 0 Å². The molecule has 2 rings (SSSR count). The molecule has 0 saturated carbocycles. The largest absolute Gasteiger partial charge is 0.476 e. The Morgan fingerprint density at radius 1 is 1.44 bits per heavy atom. The monoisotopic (exact) mass is 271 g/mol. The van der Waals surface area contributed by atoms with Gasteiger partial charge in [-0.3, -0.25) is 0 Å². The number of nitrogen functional groups attached to an aromatic ring is 1. The molecule has 0 spiro atoms. The van der Waals surface area contributed by atoms with E-state index >= 15 is 0 Å². The Morgan fingerprint density at radius 3 is 2.72 bits per heavy atom. The van der Waals surface area contributed by atoms with Gasteiger partial charge in [0, 0.05) is 6.04 Å². The average molecular weight is 272 g/mol. The van der Waals surface area contributed by atoms with Crippen LogP contribution >= 0.6 is 11.6 Å². The SMILES string of the molecule is Nc1nc(NC2CCNCC2)c(Cl)nc1C(=O)O. The number of halogens is 1. The van der Waals surface area contributed by atoms with Crippen molar-refractivity contribution in [1.82, 2.24) is 15.3 Å². The van der Waals surface area contributed by atoms with Crippen LogP contribution in [0.2, 0.25) is 5.15 Å². The summed E-state index contributed by atoms with van der Waals surface area (Å²) >= 11 is 5.89. The first-order chi connectivity index (χ1) is 8.58. The number of anilines is 2. The van der Waals surface area contributed by atoms with Gasteiger partial charge in [-0.15, -0.1) is 0 Å². The fraction of sp³-hybridized carbons (Fsp3) is 0.500. The van der Waals surface area contributed by atoms with Crippen molar-refractivity contribution in [3.8, 4) is 0 Å². The number of aromatic nitrogens is 2. The lowest BCUT2D eigenvalue weighted by atomic mass is 10.1. The van der Waals surface area contributed by atoms with E-state index in [-0.39, 0.29) is 22.7 Å². The Balaban J connectivity index is 2.18. The molecular weight excluding hydrogens is 258 g/mol. The molecule has 0 bridgehead atoms. The number of carbonyl (C=O) groups is 1. The zero-order valence-corrected chi connectivity index (χ0v) is 10.4. The van der Waals surface area contributed by atoms with E-state index in [0.29, 0.717) is 5.82 Å². The lowest BCUT2D eigenvalue weighted by molar-refractivity contribution is 0.0691. The quantitative estimate of drug-likeness (QED) is 0.636. The summed E-state index contributed by atoms with van der Waals surface area (Å²) in [4.78, 5) is 18.5. The van der Waals surface area contributed by atoms with Gasteiger partial charge in [-0.2, -0.15) is 0 Å². The first-order valence-corrected chi connectivity index (χ1v) is 5.99. The molecule has 0 unspecified atom stereocenters. The summed E-state index contributed by atoms with van der Waals surface area (Å²) in [5.74, 6) is -1.04. The molecule has 1 aromatic heterocycles. The summed E-state index contributed by atoms with van der Waals surface area (Å²) in [6.45, 7) is 1.84. The number of carboxylic acids is 1. The number of aromatic carboxylic acids is 1. The van der Waals surface area contributed by atoms with Gasteiger partial charge >= 0.3 is 5.97 Å². The van der Waals surface area contributed by atoms with Crippen molar-refractivity contribution in [2.45, 2.75) is 18.9 Å². The minimum Gasteiger partial charge on any atom is -0.476 e. The van der Waals surface area contributed by atoms with Gasteiger partial charge in [0.05, 0.1) is 0 Å². The summed E-state index contributed by atoms with van der Waals surface area (Å²) in [6.07, 6.45) is 1.89. The predicted molar refractivity (Wildman–Crippen MR) is 67.9 cm³/mol. The molecule has 0 radical (unpaired) electrons. The maximum atomic E-state index is 10.8. The number of hydrogen-bond donors (Lipinski definition) is 4. The number of nitrogens with two attached hydrogens (primary N) is 1. The Labute approximate surface area is 109 Å². The fourth-order valence-corrected chi connectivity index (χ4v) is 2.02. The van der Waals surface area contributed by atoms with Crippen molar-refractivity contribution in [1.29, 1.82) is 0 Å². The first-order valence-electron chi connectivity index (χ1n) is 5.61. The highest BCUT2D eigenvalue weighted by atomic mass is 35.5. The molecule has 1 aromatic rings. The minimum atomic E-state index is -1.24. The van der Waals surface area contributed by atoms with Crippen molar-refractivity contribution < 1.29 is 9.90 Å². The van der Waals surface area contributed by atoms with Crippen LogP contribution in [-0.2, 0) is 0 Å². The summed E-state index contributed by atoms with van der Waals surface area (Å²) in [6, 6.07) is 0.244. The Kier molecular flexibility index (Phi) is 3.83. The van der Waals surface area contributed by atoms with E-state index in [1.807, 2.05) is 0 Å². The van der Waals surface area contributed by atoms with Gasteiger partial charge in [-0.05, 0) is 25.9 Å². The number of piperidine rings is 1. The molecule has 98 valence electrons. The number of rotatable bonds is 3. The highest BCUT2D eigenvalue weighted by Gasteiger charge is 2.19. The molecule has 1 aliphatic heterocycles. The second-order valence-corrected chi connectivity index (χ2v) is 4.43. The van der Waals surface area contributed by atoms with Gasteiger partial charge < -0.3 is 21.5 Å². The van der Waals surface area contributed by atoms with Gasteiger partial charge in [-0.25, -0.2) is 14.8 Å². The summed E-state index contributed by atoms with van der Waals surface area (Å²) in [5.41, 5.74) is 5.21. The molecule has 0 amide bonds. The molecular formula is C10H14ClN5O2. The Hall–Kier alpha value is -1.60. The second kappa shape index (κ2) is 5.36. The first kappa shape index (κ1) is 12.8. The summed E-state index contributed by atoms with van der Waals surface area (Å²) in [7, 11) is 0. The predicted octanol–water partition coefficient (Wildman–Crippen LogP) is 0.574. The van der Waals surface area contributed by atoms with Crippen LogP contribution in [0.15, 0.2) is 0 Å². The van der Waals surface area contributed by atoms with Gasteiger partial charge in [0.2, 0.25) is 0 Å². The van der Waals surface area contributed by atoms with E-state index in [1.165, 1.54) is 0 Å². The van der Waals surface area contributed by atoms with E-state index in [1.54, 1.807) is 0 Å². The van der Waals surface area contributed by atoms with Crippen LogP contribution in [0.3, 0.4) is 0 Å². The van der Waals surface area contributed by atoms with Crippen LogP contribution in [-0.4, -0.2) is 40.2 Å². The third-order valence-electron chi connectivity index (χ3n) is 2.76. The van der Waals surface area contributed by atoms with Crippen LogP contribution in [0.25, 0.3) is 0 Å². The zero-order valence-electron chi connectivity index (χ0n) is 9.61.